The van der Waals surface area contributed by atoms with E-state index in [4.69, 9.17) is 0 Å². The summed E-state index contributed by atoms with van der Waals surface area (Å²) in [6, 6.07) is 9.61. The molecule has 1 saturated heterocycles. The highest BCUT2D eigenvalue weighted by Gasteiger charge is 2.17. The third-order valence-electron chi connectivity index (χ3n) is 3.03. The molecule has 1 fully saturated rings. The molecule has 0 bridgehead atoms. The van der Waals surface area contributed by atoms with Gasteiger partial charge in [0.2, 0.25) is 0 Å². The molecule has 15 heavy (non-hydrogen) atoms. The fourth-order valence-electron chi connectivity index (χ4n) is 2.09. The number of Topliss-reactive ketones (excluding diaryl/α,β-unsaturated/α-hetero) is 1. The van der Waals surface area contributed by atoms with E-state index < -0.39 is 0 Å². The van der Waals surface area contributed by atoms with Crippen LogP contribution in [-0.2, 0) is 0 Å². The molecule has 0 aromatic heterocycles. The van der Waals surface area contributed by atoms with Crippen molar-refractivity contribution in [3.63, 3.8) is 0 Å². The van der Waals surface area contributed by atoms with E-state index in [0.717, 1.165) is 31.5 Å². The molecule has 1 heterocycles. The number of rotatable bonds is 3. The molecule has 2 heteroatoms. The molecule has 0 unspecified atom stereocenters. The van der Waals surface area contributed by atoms with Crippen molar-refractivity contribution in [3.8, 4) is 0 Å². The number of hydrogen-bond donors (Lipinski definition) is 1. The third-order valence-corrected chi connectivity index (χ3v) is 3.03. The van der Waals surface area contributed by atoms with Crippen LogP contribution in [-0.4, -0.2) is 18.9 Å². The molecular weight excluding hydrogens is 186 g/mol. The van der Waals surface area contributed by atoms with Gasteiger partial charge >= 0.3 is 0 Å². The Bertz CT molecular complexity index is 315. The van der Waals surface area contributed by atoms with Gasteiger partial charge in [-0.05, 0) is 31.8 Å². The molecule has 2 rings (SSSR count). The number of carbonyl (C=O) groups excluding carboxylic acids is 1. The van der Waals surface area contributed by atoms with Crippen LogP contribution >= 0.6 is 0 Å². The second kappa shape index (κ2) is 5.08. The summed E-state index contributed by atoms with van der Waals surface area (Å²) < 4.78 is 0. The Morgan fingerprint density at radius 2 is 1.87 bits per heavy atom. The van der Waals surface area contributed by atoms with E-state index in [1.807, 2.05) is 30.3 Å². The van der Waals surface area contributed by atoms with Gasteiger partial charge in [0.15, 0.2) is 5.78 Å². The molecule has 0 radical (unpaired) electrons. The normalized spacial score (nSPS) is 17.6. The minimum atomic E-state index is 0.294. The molecule has 0 amide bonds. The van der Waals surface area contributed by atoms with E-state index in [0.29, 0.717) is 18.1 Å². The second-order valence-electron chi connectivity index (χ2n) is 4.19. The topological polar surface area (TPSA) is 29.1 Å². The fraction of sp³-hybridized carbons (Fsp3) is 0.462. The predicted molar refractivity (Wildman–Crippen MR) is 61.0 cm³/mol. The highest BCUT2D eigenvalue weighted by atomic mass is 16.1. The van der Waals surface area contributed by atoms with E-state index in [-0.39, 0.29) is 0 Å². The Kier molecular flexibility index (Phi) is 3.51. The van der Waals surface area contributed by atoms with Gasteiger partial charge in [-0.1, -0.05) is 30.3 Å². The Labute approximate surface area is 90.7 Å². The second-order valence-corrected chi connectivity index (χ2v) is 4.19. The molecule has 2 nitrogen and oxygen atoms in total. The SMILES string of the molecule is O=C(CC1CCNCC1)c1ccccc1. The van der Waals surface area contributed by atoms with Gasteiger partial charge in [0.1, 0.15) is 0 Å². The van der Waals surface area contributed by atoms with Crippen LogP contribution in [0.25, 0.3) is 0 Å². The van der Waals surface area contributed by atoms with E-state index in [1.165, 1.54) is 0 Å². The number of hydrogen-bond acceptors (Lipinski definition) is 2. The van der Waals surface area contributed by atoms with Crippen molar-refractivity contribution in [1.29, 1.82) is 0 Å². The maximum Gasteiger partial charge on any atom is 0.163 e. The predicted octanol–water partition coefficient (Wildman–Crippen LogP) is 2.26. The lowest BCUT2D eigenvalue weighted by molar-refractivity contribution is 0.0952. The van der Waals surface area contributed by atoms with E-state index in [2.05, 4.69) is 5.32 Å². The standard InChI is InChI=1S/C13H17NO/c15-13(12-4-2-1-3-5-12)10-11-6-8-14-9-7-11/h1-5,11,14H,6-10H2. The quantitative estimate of drug-likeness (QED) is 0.763. The van der Waals surface area contributed by atoms with Crippen molar-refractivity contribution in [3.05, 3.63) is 35.9 Å². The first-order chi connectivity index (χ1) is 7.36. The largest absolute Gasteiger partial charge is 0.317 e. The zero-order chi connectivity index (χ0) is 10.5. The minimum Gasteiger partial charge on any atom is -0.317 e. The van der Waals surface area contributed by atoms with Gasteiger partial charge in [-0.3, -0.25) is 4.79 Å². The highest BCUT2D eigenvalue weighted by Crippen LogP contribution is 2.18. The molecule has 0 atom stereocenters. The minimum absolute atomic E-state index is 0.294. The molecule has 0 spiro atoms. The Hall–Kier alpha value is -1.15. The van der Waals surface area contributed by atoms with Crippen molar-refractivity contribution >= 4 is 5.78 Å². The molecule has 1 aliphatic rings. The summed E-state index contributed by atoms with van der Waals surface area (Å²) in [7, 11) is 0. The summed E-state index contributed by atoms with van der Waals surface area (Å²) in [4.78, 5) is 11.9. The Morgan fingerprint density at radius 1 is 1.20 bits per heavy atom. The Morgan fingerprint density at radius 3 is 2.53 bits per heavy atom. The van der Waals surface area contributed by atoms with Crippen molar-refractivity contribution in [2.75, 3.05) is 13.1 Å². The molecule has 1 aromatic carbocycles. The molecule has 80 valence electrons. The molecular formula is C13H17NO. The highest BCUT2D eigenvalue weighted by molar-refractivity contribution is 5.96. The van der Waals surface area contributed by atoms with Crippen molar-refractivity contribution in [2.24, 2.45) is 5.92 Å². The van der Waals surface area contributed by atoms with Gasteiger partial charge in [0.25, 0.3) is 0 Å². The van der Waals surface area contributed by atoms with Gasteiger partial charge in [0, 0.05) is 12.0 Å². The monoisotopic (exact) mass is 203 g/mol. The van der Waals surface area contributed by atoms with Crippen LogP contribution in [0.5, 0.6) is 0 Å². The molecule has 1 aliphatic heterocycles. The maximum atomic E-state index is 11.9. The lowest BCUT2D eigenvalue weighted by Gasteiger charge is -2.21. The summed E-state index contributed by atoms with van der Waals surface area (Å²) >= 11 is 0. The molecule has 0 saturated carbocycles. The van der Waals surface area contributed by atoms with Crippen molar-refractivity contribution < 1.29 is 4.79 Å². The average Bonchev–Trinajstić information content (AvgIpc) is 2.31. The van der Waals surface area contributed by atoms with E-state index in [9.17, 15) is 4.79 Å². The zero-order valence-corrected chi connectivity index (χ0v) is 8.91. The van der Waals surface area contributed by atoms with Crippen molar-refractivity contribution in [2.45, 2.75) is 19.3 Å². The lowest BCUT2D eigenvalue weighted by Crippen LogP contribution is -2.28. The summed E-state index contributed by atoms with van der Waals surface area (Å²) in [5, 5.41) is 3.32. The molecule has 0 aliphatic carbocycles. The first-order valence-corrected chi connectivity index (χ1v) is 5.65. The van der Waals surface area contributed by atoms with Crippen molar-refractivity contribution in [1.82, 2.24) is 5.32 Å². The van der Waals surface area contributed by atoms with Crippen LogP contribution in [0.1, 0.15) is 29.6 Å². The van der Waals surface area contributed by atoms with Crippen LogP contribution in [0, 0.1) is 5.92 Å². The number of ketones is 1. The van der Waals surface area contributed by atoms with Gasteiger partial charge in [-0.15, -0.1) is 0 Å². The fourth-order valence-corrected chi connectivity index (χ4v) is 2.09. The molecule has 1 N–H and O–H groups in total. The first kappa shape index (κ1) is 10.4. The van der Waals surface area contributed by atoms with E-state index in [1.54, 1.807) is 0 Å². The Balaban J connectivity index is 1.91. The number of carbonyl (C=O) groups is 1. The van der Waals surface area contributed by atoms with Crippen LogP contribution in [0.4, 0.5) is 0 Å². The van der Waals surface area contributed by atoms with E-state index >= 15 is 0 Å². The average molecular weight is 203 g/mol. The smallest absolute Gasteiger partial charge is 0.163 e. The number of benzene rings is 1. The van der Waals surface area contributed by atoms with Crippen LogP contribution in [0.3, 0.4) is 0 Å². The summed E-state index contributed by atoms with van der Waals surface area (Å²) in [5.74, 6) is 0.876. The molecule has 1 aromatic rings. The van der Waals surface area contributed by atoms with Gasteiger partial charge in [-0.2, -0.15) is 0 Å². The first-order valence-electron chi connectivity index (χ1n) is 5.65. The summed E-state index contributed by atoms with van der Waals surface area (Å²) in [6.07, 6.45) is 2.99. The van der Waals surface area contributed by atoms with Gasteiger partial charge in [-0.25, -0.2) is 0 Å². The third kappa shape index (κ3) is 2.90. The van der Waals surface area contributed by atoms with Crippen LogP contribution in [0.15, 0.2) is 30.3 Å². The number of nitrogens with one attached hydrogen (secondary N) is 1. The maximum absolute atomic E-state index is 11.9. The van der Waals surface area contributed by atoms with Gasteiger partial charge < -0.3 is 5.32 Å². The lowest BCUT2D eigenvalue weighted by atomic mass is 9.91. The zero-order valence-electron chi connectivity index (χ0n) is 8.91. The summed E-state index contributed by atoms with van der Waals surface area (Å²) in [5.41, 5.74) is 0.857. The van der Waals surface area contributed by atoms with Gasteiger partial charge in [0.05, 0.1) is 0 Å². The van der Waals surface area contributed by atoms with Crippen LogP contribution < -0.4 is 5.32 Å². The van der Waals surface area contributed by atoms with Crippen LogP contribution in [0.2, 0.25) is 0 Å². The number of piperidine rings is 1. The summed E-state index contributed by atoms with van der Waals surface area (Å²) in [6.45, 7) is 2.12.